The number of nitrogens with zero attached hydrogens (tertiary/aromatic N) is 3. The predicted molar refractivity (Wildman–Crippen MR) is 132 cm³/mol. The van der Waals surface area contributed by atoms with E-state index in [0.717, 1.165) is 12.3 Å². The van der Waals surface area contributed by atoms with E-state index in [4.69, 9.17) is 18.6 Å². The first-order valence-electron chi connectivity index (χ1n) is 12.3. The molecule has 3 aromatic heterocycles. The molecule has 1 aliphatic carbocycles. The van der Waals surface area contributed by atoms with Crippen LogP contribution in [0.5, 0.6) is 0 Å². The minimum Gasteiger partial charge on any atom is -0.454 e. The van der Waals surface area contributed by atoms with Crippen LogP contribution >= 0.6 is 0 Å². The Hall–Kier alpha value is -3.00. The van der Waals surface area contributed by atoms with E-state index in [2.05, 4.69) is 25.6 Å². The monoisotopic (exact) mass is 537 g/mol. The molecule has 13 heteroatoms. The van der Waals surface area contributed by atoms with Gasteiger partial charge in [-0.3, -0.25) is 0 Å². The lowest BCUT2D eigenvalue weighted by atomic mass is 10.1. The van der Waals surface area contributed by atoms with Crippen molar-refractivity contribution >= 4 is 22.7 Å². The summed E-state index contributed by atoms with van der Waals surface area (Å²) in [5.74, 6) is 0.114. The van der Waals surface area contributed by atoms with Crippen molar-refractivity contribution in [1.29, 1.82) is 0 Å². The molecule has 0 bridgehead atoms. The summed E-state index contributed by atoms with van der Waals surface area (Å²) in [5.41, 5.74) is 0.238. The number of aliphatic hydroxyl groups is 1. The molecule has 10 nitrogen and oxygen atoms in total. The van der Waals surface area contributed by atoms with Crippen molar-refractivity contribution in [3.8, 4) is 11.3 Å². The molecular weight excluding hydrogens is 507 g/mol. The third-order valence-corrected chi connectivity index (χ3v) is 6.76. The smallest absolute Gasteiger partial charge is 0.433 e. The molecule has 2 aliphatic rings. The van der Waals surface area contributed by atoms with Crippen molar-refractivity contribution in [2.75, 3.05) is 37.5 Å². The van der Waals surface area contributed by atoms with E-state index in [0.29, 0.717) is 48.4 Å². The van der Waals surface area contributed by atoms with Crippen molar-refractivity contribution in [2.45, 2.75) is 57.4 Å². The van der Waals surface area contributed by atoms with Crippen LogP contribution in [0.15, 0.2) is 22.7 Å². The third-order valence-electron chi connectivity index (χ3n) is 6.76. The molecule has 206 valence electrons. The predicted octanol–water partition coefficient (Wildman–Crippen LogP) is 3.98. The van der Waals surface area contributed by atoms with Crippen LogP contribution in [0.3, 0.4) is 0 Å². The van der Waals surface area contributed by atoms with Gasteiger partial charge in [-0.05, 0) is 39.3 Å². The number of methoxy groups -OCH3 is 1. The molecule has 5 rings (SSSR count). The number of furan rings is 1. The van der Waals surface area contributed by atoms with Crippen LogP contribution < -0.4 is 10.6 Å². The number of aliphatic hydroxyl groups excluding tert-OH is 1. The van der Waals surface area contributed by atoms with Gasteiger partial charge in [0.05, 0.1) is 36.2 Å². The molecule has 3 N–H and O–H groups in total. The largest absolute Gasteiger partial charge is 0.454 e. The van der Waals surface area contributed by atoms with E-state index in [1.54, 1.807) is 14.0 Å². The molecular formula is C25H30F3N5O5. The number of rotatable bonds is 8. The van der Waals surface area contributed by atoms with Gasteiger partial charge < -0.3 is 34.4 Å². The average molecular weight is 538 g/mol. The number of aromatic nitrogens is 3. The van der Waals surface area contributed by atoms with Gasteiger partial charge in [-0.25, -0.2) is 9.97 Å². The Balaban J connectivity index is 1.54. The van der Waals surface area contributed by atoms with E-state index in [9.17, 15) is 18.3 Å². The number of halogens is 3. The molecule has 0 aromatic carbocycles. The first kappa shape index (κ1) is 26.6. The minimum absolute atomic E-state index is 0.0591. The first-order chi connectivity index (χ1) is 18.0. The Labute approximate surface area is 216 Å². The summed E-state index contributed by atoms with van der Waals surface area (Å²) in [6, 6.07) is 2.21. The zero-order valence-electron chi connectivity index (χ0n) is 21.4. The zero-order chi connectivity index (χ0) is 27.2. The minimum atomic E-state index is -4.58. The fraction of sp³-hybridized carbons (Fsp3) is 0.560. The van der Waals surface area contributed by atoms with Crippen LogP contribution in [0.1, 0.15) is 31.7 Å². The van der Waals surface area contributed by atoms with E-state index < -0.39 is 17.7 Å². The van der Waals surface area contributed by atoms with Crippen LogP contribution in [0.4, 0.5) is 24.9 Å². The lowest BCUT2D eigenvalue weighted by molar-refractivity contribution is -0.158. The zero-order valence-corrected chi connectivity index (χ0v) is 21.4. The summed E-state index contributed by atoms with van der Waals surface area (Å²) in [5, 5.41) is 16.8. The highest BCUT2D eigenvalue weighted by Crippen LogP contribution is 2.44. The number of anilines is 2. The van der Waals surface area contributed by atoms with Gasteiger partial charge in [0, 0.05) is 31.6 Å². The molecule has 0 spiro atoms. The molecule has 4 atom stereocenters. The normalized spacial score (nSPS) is 24.6. The van der Waals surface area contributed by atoms with Crippen LogP contribution in [0.2, 0.25) is 0 Å². The third kappa shape index (κ3) is 5.15. The number of aryl methyl sites for hydroxylation is 1. The van der Waals surface area contributed by atoms with E-state index in [1.165, 1.54) is 6.07 Å². The van der Waals surface area contributed by atoms with E-state index in [1.807, 2.05) is 13.8 Å². The Morgan fingerprint density at radius 3 is 2.66 bits per heavy atom. The molecule has 1 saturated carbocycles. The number of nitrogens with one attached hydrogen (secondary N) is 2. The summed E-state index contributed by atoms with van der Waals surface area (Å²) < 4.78 is 62.9. The molecule has 0 unspecified atom stereocenters. The number of fused-ring (bicyclic) bond motifs is 2. The number of hydrogen-bond donors (Lipinski definition) is 3. The van der Waals surface area contributed by atoms with Crippen molar-refractivity contribution < 1.29 is 36.9 Å². The van der Waals surface area contributed by atoms with Gasteiger partial charge in [-0.15, -0.1) is 0 Å². The van der Waals surface area contributed by atoms with Crippen molar-refractivity contribution in [2.24, 2.45) is 5.92 Å². The summed E-state index contributed by atoms with van der Waals surface area (Å²) in [4.78, 5) is 12.7. The highest BCUT2D eigenvalue weighted by molar-refractivity contribution is 5.86. The quantitative estimate of drug-likeness (QED) is 0.364. The lowest BCUT2D eigenvalue weighted by Gasteiger charge is -2.25. The molecule has 38 heavy (non-hydrogen) atoms. The average Bonchev–Trinajstić information content (AvgIpc) is 3.49. The molecule has 2 fully saturated rings. The van der Waals surface area contributed by atoms with Gasteiger partial charge in [0.25, 0.3) is 0 Å². The number of alkyl halides is 3. The second-order valence-electron chi connectivity index (χ2n) is 9.99. The maximum atomic E-state index is 13.2. The van der Waals surface area contributed by atoms with Crippen LogP contribution in [0, 0.1) is 12.8 Å². The highest BCUT2D eigenvalue weighted by Gasteiger charge is 2.54. The Bertz CT molecular complexity index is 1310. The highest BCUT2D eigenvalue weighted by atomic mass is 19.4. The standard InChI is InChI=1S/C25H30F3N5O5/c1-12-19(16-8-13-9-18(25(26,27)28)30-10-17(13)36-16)22(33-23(31-12)29-5-6-35-4)32-15-7-14(11-34)20-21(15)38-24(2,3)37-20/h8-10,14-15,20-21,34H,5-7,11H2,1-4H3,(H2,29,31,32,33)/t14-,15-,20-,21+/m1/s1. The number of pyridine rings is 1. The maximum Gasteiger partial charge on any atom is 0.433 e. The summed E-state index contributed by atoms with van der Waals surface area (Å²) in [6.07, 6.45) is -3.59. The summed E-state index contributed by atoms with van der Waals surface area (Å²) in [7, 11) is 1.59. The summed E-state index contributed by atoms with van der Waals surface area (Å²) >= 11 is 0. The molecule has 4 heterocycles. The van der Waals surface area contributed by atoms with Gasteiger partial charge >= 0.3 is 6.18 Å². The van der Waals surface area contributed by atoms with Gasteiger partial charge in [-0.1, -0.05) is 0 Å². The Morgan fingerprint density at radius 2 is 1.95 bits per heavy atom. The van der Waals surface area contributed by atoms with Crippen LogP contribution in [-0.4, -0.2) is 71.0 Å². The van der Waals surface area contributed by atoms with Gasteiger partial charge in [0.15, 0.2) is 11.4 Å². The summed E-state index contributed by atoms with van der Waals surface area (Å²) in [6.45, 7) is 6.27. The van der Waals surface area contributed by atoms with E-state index in [-0.39, 0.29) is 41.7 Å². The van der Waals surface area contributed by atoms with Crippen molar-refractivity contribution in [3.63, 3.8) is 0 Å². The van der Waals surface area contributed by atoms with Crippen LogP contribution in [-0.2, 0) is 20.4 Å². The number of hydrogen-bond acceptors (Lipinski definition) is 10. The second kappa shape index (κ2) is 9.95. The van der Waals surface area contributed by atoms with Crippen molar-refractivity contribution in [3.05, 3.63) is 29.7 Å². The molecule has 0 amide bonds. The molecule has 1 aliphatic heterocycles. The van der Waals surface area contributed by atoms with E-state index >= 15 is 0 Å². The molecule has 3 aromatic rings. The Morgan fingerprint density at radius 1 is 1.18 bits per heavy atom. The van der Waals surface area contributed by atoms with Crippen molar-refractivity contribution in [1.82, 2.24) is 15.0 Å². The topological polar surface area (TPSA) is 124 Å². The lowest BCUT2D eigenvalue weighted by Crippen LogP contribution is -2.35. The first-order valence-corrected chi connectivity index (χ1v) is 12.3. The SMILES string of the molecule is COCCNc1nc(C)c(-c2cc3cc(C(F)(F)F)ncc3o2)c(N[C@@H]2C[C@H](CO)[C@H]3OC(C)(C)O[C@H]32)n1. The fourth-order valence-corrected chi connectivity index (χ4v) is 5.12. The van der Waals surface area contributed by atoms with Gasteiger partial charge in [-0.2, -0.15) is 18.2 Å². The van der Waals surface area contributed by atoms with Gasteiger partial charge in [0.2, 0.25) is 5.95 Å². The maximum absolute atomic E-state index is 13.2. The molecule has 0 radical (unpaired) electrons. The Kier molecular flexibility index (Phi) is 6.97. The second-order valence-corrected chi connectivity index (χ2v) is 9.99. The fourth-order valence-electron chi connectivity index (χ4n) is 5.12. The number of ether oxygens (including phenoxy) is 3. The van der Waals surface area contributed by atoms with Crippen LogP contribution in [0.25, 0.3) is 22.3 Å². The van der Waals surface area contributed by atoms with Gasteiger partial charge in [0.1, 0.15) is 23.4 Å². The molecule has 1 saturated heterocycles.